The van der Waals surface area contributed by atoms with E-state index in [9.17, 15) is 18.5 Å². The van der Waals surface area contributed by atoms with Crippen molar-refractivity contribution in [2.24, 2.45) is 5.92 Å². The van der Waals surface area contributed by atoms with E-state index in [-0.39, 0.29) is 40.9 Å². The van der Waals surface area contributed by atoms with Gasteiger partial charge in [0.1, 0.15) is 6.07 Å². The van der Waals surface area contributed by atoms with E-state index in [1.54, 1.807) is 12.1 Å². The van der Waals surface area contributed by atoms with Crippen LogP contribution in [0.15, 0.2) is 29.2 Å². The number of sulfonamides is 1. The Morgan fingerprint density at radius 2 is 1.76 bits per heavy atom. The predicted octanol–water partition coefficient (Wildman–Crippen LogP) is 2.11. The van der Waals surface area contributed by atoms with Gasteiger partial charge in [-0.05, 0) is 37.8 Å². The van der Waals surface area contributed by atoms with Crippen molar-refractivity contribution in [3.8, 4) is 6.07 Å². The Labute approximate surface area is 196 Å². The Bertz CT molecular complexity index is 970. The first kappa shape index (κ1) is 24.1. The van der Waals surface area contributed by atoms with Gasteiger partial charge in [0, 0.05) is 44.2 Å². The zero-order chi connectivity index (χ0) is 23.3. The molecule has 1 saturated carbocycles. The number of ether oxygens (including phenoxy) is 1. The van der Waals surface area contributed by atoms with Crippen molar-refractivity contribution in [3.05, 3.63) is 29.8 Å². The van der Waals surface area contributed by atoms with Gasteiger partial charge >= 0.3 is 0 Å². The fraction of sp³-hybridized carbons (Fsp3) is 0.667. The first-order valence-corrected chi connectivity index (χ1v) is 13.5. The summed E-state index contributed by atoms with van der Waals surface area (Å²) in [6, 6.07) is 8.24. The molecule has 2 aliphatic heterocycles. The van der Waals surface area contributed by atoms with E-state index in [4.69, 9.17) is 4.74 Å². The zero-order valence-corrected chi connectivity index (χ0v) is 20.0. The highest BCUT2D eigenvalue weighted by molar-refractivity contribution is 7.89. The minimum Gasteiger partial charge on any atom is -0.379 e. The normalized spacial score (nSPS) is 23.0. The number of nitrogens with one attached hydrogen (secondary N) is 1. The van der Waals surface area contributed by atoms with Crippen LogP contribution < -0.4 is 5.32 Å². The molecule has 0 unspecified atom stereocenters. The molecule has 1 aromatic rings. The van der Waals surface area contributed by atoms with Crippen molar-refractivity contribution in [2.45, 2.75) is 55.4 Å². The number of hydrogen-bond acceptors (Lipinski definition) is 6. The molecule has 0 aromatic heterocycles. The number of carbonyl (C=O) groups is 1. The summed E-state index contributed by atoms with van der Waals surface area (Å²) >= 11 is 0. The lowest BCUT2D eigenvalue weighted by Gasteiger charge is -2.48. The van der Waals surface area contributed by atoms with Crippen LogP contribution in [-0.2, 0) is 19.6 Å². The maximum atomic E-state index is 13.1. The van der Waals surface area contributed by atoms with Gasteiger partial charge in [-0.2, -0.15) is 9.57 Å². The molecule has 33 heavy (non-hydrogen) atoms. The van der Waals surface area contributed by atoms with E-state index in [0.29, 0.717) is 19.4 Å². The summed E-state index contributed by atoms with van der Waals surface area (Å²) in [5.74, 6) is -0.157. The minimum atomic E-state index is -3.75. The summed E-state index contributed by atoms with van der Waals surface area (Å²) in [4.78, 5) is 15.6. The zero-order valence-electron chi connectivity index (χ0n) is 19.2. The van der Waals surface area contributed by atoms with Gasteiger partial charge in [0.2, 0.25) is 15.9 Å². The lowest BCUT2D eigenvalue weighted by Crippen LogP contribution is -2.60. The molecule has 3 fully saturated rings. The molecule has 8 nitrogen and oxygen atoms in total. The second kappa shape index (κ2) is 10.5. The van der Waals surface area contributed by atoms with Crippen LogP contribution in [0.4, 0.5) is 0 Å². The van der Waals surface area contributed by atoms with Gasteiger partial charge < -0.3 is 10.1 Å². The van der Waals surface area contributed by atoms with E-state index in [2.05, 4.69) is 10.2 Å². The molecular formula is C24H34N4O4S. The Morgan fingerprint density at radius 3 is 2.42 bits per heavy atom. The second-order valence-corrected chi connectivity index (χ2v) is 11.3. The highest BCUT2D eigenvalue weighted by Crippen LogP contribution is 2.34. The number of piperidine rings is 1. The molecule has 1 amide bonds. The Kier molecular flexibility index (Phi) is 7.69. The van der Waals surface area contributed by atoms with E-state index in [1.165, 1.54) is 35.7 Å². The molecule has 0 radical (unpaired) electrons. The van der Waals surface area contributed by atoms with E-state index in [1.807, 2.05) is 6.07 Å². The molecule has 1 aliphatic carbocycles. The number of carbonyl (C=O) groups excluding carboxylic acids is 1. The summed E-state index contributed by atoms with van der Waals surface area (Å²) in [6.07, 6.45) is 6.81. The van der Waals surface area contributed by atoms with Crippen LogP contribution in [0.25, 0.3) is 0 Å². The summed E-state index contributed by atoms with van der Waals surface area (Å²) in [6.45, 7) is 4.55. The largest absolute Gasteiger partial charge is 0.379 e. The number of morpholine rings is 1. The average molecular weight is 475 g/mol. The van der Waals surface area contributed by atoms with Gasteiger partial charge in [-0.25, -0.2) is 8.42 Å². The van der Waals surface area contributed by atoms with Crippen molar-refractivity contribution < 1.29 is 17.9 Å². The molecule has 1 aromatic carbocycles. The van der Waals surface area contributed by atoms with Crippen LogP contribution in [0.1, 0.15) is 50.5 Å². The molecule has 0 bridgehead atoms. The van der Waals surface area contributed by atoms with Gasteiger partial charge in [0.25, 0.3) is 0 Å². The van der Waals surface area contributed by atoms with Crippen molar-refractivity contribution in [1.82, 2.24) is 14.5 Å². The summed E-state index contributed by atoms with van der Waals surface area (Å²) < 4.78 is 33.0. The van der Waals surface area contributed by atoms with Gasteiger partial charge in [-0.1, -0.05) is 31.4 Å². The fourth-order valence-electron chi connectivity index (χ4n) is 5.53. The Balaban J connectivity index is 1.35. The predicted molar refractivity (Wildman–Crippen MR) is 124 cm³/mol. The van der Waals surface area contributed by atoms with Gasteiger partial charge in [0.05, 0.1) is 23.7 Å². The highest BCUT2D eigenvalue weighted by atomic mass is 32.2. The van der Waals surface area contributed by atoms with Crippen molar-refractivity contribution in [2.75, 3.05) is 45.9 Å². The molecule has 2 saturated heterocycles. The van der Waals surface area contributed by atoms with Gasteiger partial charge in [-0.15, -0.1) is 0 Å². The number of nitriles is 1. The van der Waals surface area contributed by atoms with E-state index in [0.717, 1.165) is 39.1 Å². The molecule has 0 atom stereocenters. The molecule has 3 aliphatic rings. The first-order chi connectivity index (χ1) is 16.0. The van der Waals surface area contributed by atoms with Crippen LogP contribution in [0.3, 0.4) is 0 Å². The molecular weight excluding hydrogens is 440 g/mol. The summed E-state index contributed by atoms with van der Waals surface area (Å²) in [5, 5.41) is 12.5. The van der Waals surface area contributed by atoms with E-state index < -0.39 is 10.0 Å². The lowest BCUT2D eigenvalue weighted by atomic mass is 9.79. The quantitative estimate of drug-likeness (QED) is 0.677. The van der Waals surface area contributed by atoms with Crippen LogP contribution in [0.2, 0.25) is 0 Å². The smallest absolute Gasteiger partial charge is 0.244 e. The minimum absolute atomic E-state index is 0.0166. The second-order valence-electron chi connectivity index (χ2n) is 9.39. The highest BCUT2D eigenvalue weighted by Gasteiger charge is 2.40. The molecule has 4 rings (SSSR count). The van der Waals surface area contributed by atoms with Crippen LogP contribution in [0.5, 0.6) is 0 Å². The molecule has 1 N–H and O–H groups in total. The van der Waals surface area contributed by atoms with Gasteiger partial charge in [-0.3, -0.25) is 9.69 Å². The molecule has 2 heterocycles. The van der Waals surface area contributed by atoms with Crippen LogP contribution in [0, 0.1) is 17.2 Å². The Hall–Kier alpha value is -1.99. The summed E-state index contributed by atoms with van der Waals surface area (Å²) in [5.41, 5.74) is 0.168. The third-order valence-corrected chi connectivity index (χ3v) is 9.46. The Morgan fingerprint density at radius 1 is 1.09 bits per heavy atom. The number of hydrogen-bond donors (Lipinski definition) is 1. The monoisotopic (exact) mass is 474 g/mol. The topological polar surface area (TPSA) is 103 Å². The van der Waals surface area contributed by atoms with Crippen LogP contribution in [-0.4, -0.2) is 75.0 Å². The maximum Gasteiger partial charge on any atom is 0.244 e. The SMILES string of the molecule is N#Cc1ccccc1S(=O)(=O)N1CCC(C(=O)NCC2(N3CCOCC3)CCCCC2)CC1. The first-order valence-electron chi connectivity index (χ1n) is 12.1. The fourth-order valence-corrected chi connectivity index (χ4v) is 7.14. The third kappa shape index (κ3) is 5.24. The standard InChI is InChI=1S/C24H34N4O4S/c25-18-21-6-2-3-7-22(21)33(30,31)28-12-8-20(9-13-28)23(29)26-19-24(10-4-1-5-11-24)27-14-16-32-17-15-27/h2-3,6-7,20H,1,4-5,8-17,19H2,(H,26,29). The van der Waals surface area contributed by atoms with Crippen molar-refractivity contribution >= 4 is 15.9 Å². The summed E-state index contributed by atoms with van der Waals surface area (Å²) in [7, 11) is -3.75. The van der Waals surface area contributed by atoms with Crippen molar-refractivity contribution in [3.63, 3.8) is 0 Å². The van der Waals surface area contributed by atoms with E-state index >= 15 is 0 Å². The molecule has 0 spiro atoms. The number of benzene rings is 1. The number of rotatable bonds is 6. The third-order valence-electron chi connectivity index (χ3n) is 7.51. The molecule has 9 heteroatoms. The number of nitrogens with zero attached hydrogens (tertiary/aromatic N) is 3. The maximum absolute atomic E-state index is 13.1. The van der Waals surface area contributed by atoms with Gasteiger partial charge in [0.15, 0.2) is 0 Å². The molecule has 180 valence electrons. The average Bonchev–Trinajstić information content (AvgIpc) is 2.88. The van der Waals surface area contributed by atoms with Crippen LogP contribution >= 0.6 is 0 Å². The van der Waals surface area contributed by atoms with Crippen molar-refractivity contribution in [1.29, 1.82) is 5.26 Å². The lowest BCUT2D eigenvalue weighted by molar-refractivity contribution is -0.127. The number of amides is 1.